The fraction of sp³-hybridized carbons (Fsp3) is 0.500. The maximum Gasteiger partial charge on any atom is 0.124 e. The average Bonchev–Trinajstić information content (AvgIpc) is 2.29. The smallest absolute Gasteiger partial charge is 0.124 e. The third-order valence-corrected chi connectivity index (χ3v) is 3.29. The molecule has 1 aliphatic rings. The monoisotopic (exact) mass is 286 g/mol. The molecule has 0 radical (unpaired) electrons. The van der Waals surface area contributed by atoms with Gasteiger partial charge in [-0.1, -0.05) is 15.9 Å². The summed E-state index contributed by atoms with van der Waals surface area (Å²) in [6.45, 7) is 0.599. The molecule has 1 aromatic rings. The molecule has 1 aromatic carbocycles. The fourth-order valence-corrected chi connectivity index (χ4v) is 2.33. The first-order valence-corrected chi connectivity index (χ1v) is 6.13. The quantitative estimate of drug-likeness (QED) is 0.909. The van der Waals surface area contributed by atoms with Crippen molar-refractivity contribution < 1.29 is 14.6 Å². The molecule has 4 heteroatoms. The zero-order valence-corrected chi connectivity index (χ0v) is 10.7. The summed E-state index contributed by atoms with van der Waals surface area (Å²) in [7, 11) is 1.64. The minimum absolute atomic E-state index is 0.0730. The summed E-state index contributed by atoms with van der Waals surface area (Å²) in [5.74, 6) is 0.808. The summed E-state index contributed by atoms with van der Waals surface area (Å²) in [4.78, 5) is 0. The molecule has 0 aromatic heterocycles. The second-order valence-electron chi connectivity index (χ2n) is 3.92. The lowest BCUT2D eigenvalue weighted by molar-refractivity contribution is -0.0455. The van der Waals surface area contributed by atoms with Gasteiger partial charge in [0, 0.05) is 23.1 Å². The Morgan fingerprint density at radius 3 is 3.00 bits per heavy atom. The van der Waals surface area contributed by atoms with Crippen LogP contribution < -0.4 is 4.74 Å². The van der Waals surface area contributed by atoms with E-state index >= 15 is 0 Å². The molecule has 3 nitrogen and oxygen atoms in total. The number of benzene rings is 1. The predicted molar refractivity (Wildman–Crippen MR) is 64.6 cm³/mol. The van der Waals surface area contributed by atoms with Crippen LogP contribution in [0.4, 0.5) is 0 Å². The van der Waals surface area contributed by atoms with Crippen molar-refractivity contribution in [3.63, 3.8) is 0 Å². The molecule has 1 aliphatic heterocycles. The van der Waals surface area contributed by atoms with Crippen molar-refractivity contribution >= 4 is 15.9 Å². The maximum absolute atomic E-state index is 9.64. The molecular weight excluding hydrogens is 272 g/mol. The lowest BCUT2D eigenvalue weighted by Gasteiger charge is -2.27. The van der Waals surface area contributed by atoms with E-state index in [0.717, 1.165) is 15.8 Å². The highest BCUT2D eigenvalue weighted by molar-refractivity contribution is 9.10. The van der Waals surface area contributed by atoms with Gasteiger partial charge < -0.3 is 14.6 Å². The van der Waals surface area contributed by atoms with Crippen molar-refractivity contribution in [2.75, 3.05) is 13.7 Å². The van der Waals surface area contributed by atoms with E-state index in [1.807, 2.05) is 18.2 Å². The number of halogens is 1. The number of hydrogen-bond donors (Lipinski definition) is 1. The van der Waals surface area contributed by atoms with Gasteiger partial charge in [0.1, 0.15) is 5.75 Å². The number of aliphatic hydroxyl groups is 1. The molecule has 88 valence electrons. The lowest BCUT2D eigenvalue weighted by Crippen LogP contribution is -2.23. The number of rotatable bonds is 2. The van der Waals surface area contributed by atoms with Crippen LogP contribution in [0.5, 0.6) is 5.75 Å². The van der Waals surface area contributed by atoms with Crippen molar-refractivity contribution in [2.45, 2.75) is 25.0 Å². The molecule has 0 amide bonds. The molecule has 2 atom stereocenters. The van der Waals surface area contributed by atoms with Crippen LogP contribution >= 0.6 is 15.9 Å². The van der Waals surface area contributed by atoms with Gasteiger partial charge in [0.15, 0.2) is 0 Å². The van der Waals surface area contributed by atoms with Gasteiger partial charge in [0.2, 0.25) is 0 Å². The van der Waals surface area contributed by atoms with Crippen LogP contribution in [-0.4, -0.2) is 24.9 Å². The molecule has 1 saturated heterocycles. The van der Waals surface area contributed by atoms with Gasteiger partial charge in [-0.3, -0.25) is 0 Å². The summed E-state index contributed by atoms with van der Waals surface area (Å²) >= 11 is 3.43. The number of aliphatic hydroxyl groups excluding tert-OH is 1. The van der Waals surface area contributed by atoms with E-state index in [0.29, 0.717) is 19.4 Å². The highest BCUT2D eigenvalue weighted by Gasteiger charge is 2.24. The van der Waals surface area contributed by atoms with E-state index in [1.54, 1.807) is 7.11 Å². The first-order chi connectivity index (χ1) is 7.70. The van der Waals surface area contributed by atoms with E-state index in [-0.39, 0.29) is 12.2 Å². The van der Waals surface area contributed by atoms with E-state index in [4.69, 9.17) is 9.47 Å². The number of hydrogen-bond acceptors (Lipinski definition) is 3. The molecule has 1 fully saturated rings. The third kappa shape index (κ3) is 2.56. The minimum atomic E-state index is -0.276. The van der Waals surface area contributed by atoms with E-state index in [1.165, 1.54) is 0 Å². The first kappa shape index (κ1) is 11.9. The SMILES string of the molecule is COc1ccc(Br)cc1C1CC(O)CCO1. The Kier molecular flexibility index (Phi) is 3.84. The molecule has 0 spiro atoms. The van der Waals surface area contributed by atoms with Crippen LogP contribution in [0.25, 0.3) is 0 Å². The standard InChI is InChI=1S/C12H15BrO3/c1-15-11-3-2-8(13)6-10(11)12-7-9(14)4-5-16-12/h2-3,6,9,12,14H,4-5,7H2,1H3. The molecule has 0 aliphatic carbocycles. The molecule has 1 heterocycles. The Bertz CT molecular complexity index is 367. The largest absolute Gasteiger partial charge is 0.496 e. The Labute approximate surface area is 104 Å². The second-order valence-corrected chi connectivity index (χ2v) is 4.84. The predicted octanol–water partition coefficient (Wildman–Crippen LogP) is 2.67. The van der Waals surface area contributed by atoms with Crippen LogP contribution in [0.2, 0.25) is 0 Å². The molecule has 0 saturated carbocycles. The van der Waals surface area contributed by atoms with Gasteiger partial charge in [0.05, 0.1) is 19.3 Å². The Morgan fingerprint density at radius 1 is 1.50 bits per heavy atom. The summed E-state index contributed by atoms with van der Waals surface area (Å²) in [5, 5.41) is 9.64. The number of methoxy groups -OCH3 is 1. The van der Waals surface area contributed by atoms with Gasteiger partial charge in [0.25, 0.3) is 0 Å². The van der Waals surface area contributed by atoms with E-state index < -0.39 is 0 Å². The van der Waals surface area contributed by atoms with Gasteiger partial charge in [-0.15, -0.1) is 0 Å². The summed E-state index contributed by atoms with van der Waals surface area (Å²) in [6, 6.07) is 5.83. The van der Waals surface area contributed by atoms with Crippen molar-refractivity contribution in [1.29, 1.82) is 0 Å². The van der Waals surface area contributed by atoms with Crippen molar-refractivity contribution in [2.24, 2.45) is 0 Å². The summed E-state index contributed by atoms with van der Waals surface area (Å²) < 4.78 is 12.0. The first-order valence-electron chi connectivity index (χ1n) is 5.34. The van der Waals surface area contributed by atoms with E-state index in [2.05, 4.69) is 15.9 Å². The van der Waals surface area contributed by atoms with Crippen LogP contribution in [0.15, 0.2) is 22.7 Å². The Hall–Kier alpha value is -0.580. The maximum atomic E-state index is 9.64. The Balaban J connectivity index is 2.26. The summed E-state index contributed by atoms with van der Waals surface area (Å²) in [6.07, 6.45) is 0.998. The molecular formula is C12H15BrO3. The molecule has 1 N–H and O–H groups in total. The molecule has 2 rings (SSSR count). The normalized spacial score (nSPS) is 25.4. The highest BCUT2D eigenvalue weighted by atomic mass is 79.9. The zero-order valence-electron chi connectivity index (χ0n) is 9.15. The van der Waals surface area contributed by atoms with Crippen LogP contribution in [0.1, 0.15) is 24.5 Å². The topological polar surface area (TPSA) is 38.7 Å². The van der Waals surface area contributed by atoms with Crippen LogP contribution in [-0.2, 0) is 4.74 Å². The van der Waals surface area contributed by atoms with Gasteiger partial charge in [-0.2, -0.15) is 0 Å². The zero-order chi connectivity index (χ0) is 11.5. The van der Waals surface area contributed by atoms with Crippen molar-refractivity contribution in [3.05, 3.63) is 28.2 Å². The minimum Gasteiger partial charge on any atom is -0.496 e. The average molecular weight is 287 g/mol. The Morgan fingerprint density at radius 2 is 2.31 bits per heavy atom. The lowest BCUT2D eigenvalue weighted by atomic mass is 9.99. The van der Waals surface area contributed by atoms with Gasteiger partial charge in [-0.05, 0) is 24.6 Å². The number of ether oxygens (including phenoxy) is 2. The van der Waals surface area contributed by atoms with Crippen molar-refractivity contribution in [3.8, 4) is 5.75 Å². The molecule has 16 heavy (non-hydrogen) atoms. The fourth-order valence-electron chi connectivity index (χ4n) is 1.95. The van der Waals surface area contributed by atoms with Gasteiger partial charge >= 0.3 is 0 Å². The van der Waals surface area contributed by atoms with Crippen LogP contribution in [0.3, 0.4) is 0 Å². The summed E-state index contributed by atoms with van der Waals surface area (Å²) in [5.41, 5.74) is 0.996. The van der Waals surface area contributed by atoms with E-state index in [9.17, 15) is 5.11 Å². The molecule has 2 unspecified atom stereocenters. The molecule has 0 bridgehead atoms. The van der Waals surface area contributed by atoms with Crippen LogP contribution in [0, 0.1) is 0 Å². The second kappa shape index (κ2) is 5.17. The third-order valence-electron chi connectivity index (χ3n) is 2.79. The van der Waals surface area contributed by atoms with Gasteiger partial charge in [-0.25, -0.2) is 0 Å². The van der Waals surface area contributed by atoms with Crippen molar-refractivity contribution in [1.82, 2.24) is 0 Å². The highest BCUT2D eigenvalue weighted by Crippen LogP contribution is 2.35.